The number of amides is 2. The first kappa shape index (κ1) is 34.1. The van der Waals surface area contributed by atoms with E-state index in [9.17, 15) is 18.0 Å². The molecular formula is C33H42BrN3O5S. The van der Waals surface area contributed by atoms with Gasteiger partial charge in [0.15, 0.2) is 0 Å². The largest absolute Gasteiger partial charge is 0.494 e. The molecule has 3 aromatic rings. The molecule has 2 atom stereocenters. The Hall–Kier alpha value is -3.37. The molecule has 0 aromatic heterocycles. The van der Waals surface area contributed by atoms with Crippen LogP contribution in [0.5, 0.6) is 5.75 Å². The van der Waals surface area contributed by atoms with Crippen LogP contribution >= 0.6 is 15.9 Å². The number of rotatable bonds is 16. The van der Waals surface area contributed by atoms with Gasteiger partial charge in [-0.05, 0) is 74.2 Å². The van der Waals surface area contributed by atoms with E-state index in [0.717, 1.165) is 28.3 Å². The van der Waals surface area contributed by atoms with Crippen molar-refractivity contribution in [3.05, 3.63) is 94.5 Å². The van der Waals surface area contributed by atoms with Crippen molar-refractivity contribution in [1.82, 2.24) is 10.2 Å². The van der Waals surface area contributed by atoms with Crippen LogP contribution in [0.25, 0.3) is 0 Å². The van der Waals surface area contributed by atoms with E-state index in [1.54, 1.807) is 29.2 Å². The zero-order valence-corrected chi connectivity index (χ0v) is 27.7. The van der Waals surface area contributed by atoms with Gasteiger partial charge in [0.2, 0.25) is 21.8 Å². The number of carbonyl (C=O) groups excluding carboxylic acids is 2. The van der Waals surface area contributed by atoms with Crippen molar-refractivity contribution in [3.63, 3.8) is 0 Å². The molecule has 8 nitrogen and oxygen atoms in total. The average Bonchev–Trinajstić information content (AvgIpc) is 2.98. The molecule has 232 valence electrons. The van der Waals surface area contributed by atoms with Gasteiger partial charge in [0.25, 0.3) is 0 Å². The first-order valence-electron chi connectivity index (χ1n) is 14.6. The lowest BCUT2D eigenvalue weighted by molar-refractivity contribution is -0.141. The predicted octanol–water partition coefficient (Wildman–Crippen LogP) is 5.95. The molecule has 0 unspecified atom stereocenters. The van der Waals surface area contributed by atoms with E-state index in [1.807, 2.05) is 75.4 Å². The Labute approximate surface area is 264 Å². The number of sulfonamides is 1. The van der Waals surface area contributed by atoms with Crippen molar-refractivity contribution in [2.75, 3.05) is 23.7 Å². The molecular weight excluding hydrogens is 630 g/mol. The van der Waals surface area contributed by atoms with Gasteiger partial charge < -0.3 is 15.0 Å². The molecule has 0 bridgehead atoms. The van der Waals surface area contributed by atoms with Crippen LogP contribution < -0.4 is 14.4 Å². The Balaban J connectivity index is 1.86. The summed E-state index contributed by atoms with van der Waals surface area (Å²) in [4.78, 5) is 29.2. The van der Waals surface area contributed by atoms with E-state index in [2.05, 4.69) is 21.2 Å². The number of nitrogens with zero attached hydrogens (tertiary/aromatic N) is 2. The first-order valence-corrected chi connectivity index (χ1v) is 17.2. The van der Waals surface area contributed by atoms with Crippen molar-refractivity contribution < 1.29 is 22.7 Å². The molecule has 1 N–H and O–H groups in total. The Morgan fingerprint density at radius 2 is 1.58 bits per heavy atom. The van der Waals surface area contributed by atoms with Crippen LogP contribution in [0, 0.1) is 0 Å². The van der Waals surface area contributed by atoms with Crippen LogP contribution in [0.1, 0.15) is 51.2 Å². The number of carbonyl (C=O) groups is 2. The molecule has 0 heterocycles. The quantitative estimate of drug-likeness (QED) is 0.203. The summed E-state index contributed by atoms with van der Waals surface area (Å²) < 4.78 is 33.1. The van der Waals surface area contributed by atoms with Crippen LogP contribution in [0.2, 0.25) is 0 Å². The molecule has 2 amide bonds. The van der Waals surface area contributed by atoms with Crippen LogP contribution in [0.4, 0.5) is 5.69 Å². The fourth-order valence-electron chi connectivity index (χ4n) is 4.66. The minimum absolute atomic E-state index is 0.0483. The third-order valence-electron chi connectivity index (χ3n) is 7.13. The highest BCUT2D eigenvalue weighted by atomic mass is 79.9. The lowest BCUT2D eigenvalue weighted by atomic mass is 10.0. The second-order valence-corrected chi connectivity index (χ2v) is 13.4. The smallest absolute Gasteiger partial charge is 0.243 e. The number of hydrogen-bond acceptors (Lipinski definition) is 5. The zero-order chi connectivity index (χ0) is 31.4. The minimum atomic E-state index is -3.60. The van der Waals surface area contributed by atoms with Crippen molar-refractivity contribution in [1.29, 1.82) is 0 Å². The SMILES string of the molecule is CCOc1ccc(N(CCCC(=O)N(Cc2ccc(Br)cc2)[C@@H](Cc2ccccc2)C(=O)N[C@@H](C)CC)S(C)(=O)=O)cc1. The molecule has 43 heavy (non-hydrogen) atoms. The summed E-state index contributed by atoms with van der Waals surface area (Å²) in [6.45, 7) is 6.69. The van der Waals surface area contributed by atoms with E-state index in [0.29, 0.717) is 24.5 Å². The monoisotopic (exact) mass is 671 g/mol. The lowest BCUT2D eigenvalue weighted by Crippen LogP contribution is -2.52. The van der Waals surface area contributed by atoms with Gasteiger partial charge in [0.1, 0.15) is 11.8 Å². The highest BCUT2D eigenvalue weighted by molar-refractivity contribution is 9.10. The second kappa shape index (κ2) is 16.5. The number of ether oxygens (including phenoxy) is 1. The molecule has 0 saturated carbocycles. The molecule has 0 aliphatic rings. The Morgan fingerprint density at radius 3 is 2.16 bits per heavy atom. The van der Waals surface area contributed by atoms with Crippen molar-refractivity contribution in [2.45, 2.75) is 65.1 Å². The zero-order valence-electron chi connectivity index (χ0n) is 25.3. The molecule has 0 radical (unpaired) electrons. The fraction of sp³-hybridized carbons (Fsp3) is 0.394. The van der Waals surface area contributed by atoms with Gasteiger partial charge in [0.05, 0.1) is 18.6 Å². The molecule has 10 heteroatoms. The third-order valence-corrected chi connectivity index (χ3v) is 8.85. The lowest BCUT2D eigenvalue weighted by Gasteiger charge is -2.32. The van der Waals surface area contributed by atoms with Crippen LogP contribution in [-0.4, -0.2) is 56.6 Å². The van der Waals surface area contributed by atoms with E-state index in [1.165, 1.54) is 4.31 Å². The van der Waals surface area contributed by atoms with Crippen LogP contribution in [-0.2, 0) is 32.6 Å². The Bertz CT molecular complexity index is 1420. The second-order valence-electron chi connectivity index (χ2n) is 10.5. The number of halogens is 1. The summed E-state index contributed by atoms with van der Waals surface area (Å²) in [5.41, 5.74) is 2.33. The minimum Gasteiger partial charge on any atom is -0.494 e. The van der Waals surface area contributed by atoms with Gasteiger partial charge in [-0.15, -0.1) is 0 Å². The summed E-state index contributed by atoms with van der Waals surface area (Å²) in [6.07, 6.45) is 2.62. The van der Waals surface area contributed by atoms with Crippen LogP contribution in [0.3, 0.4) is 0 Å². The number of nitrogens with one attached hydrogen (secondary N) is 1. The van der Waals surface area contributed by atoms with Crippen molar-refractivity contribution in [3.8, 4) is 5.75 Å². The van der Waals surface area contributed by atoms with Gasteiger partial charge in [-0.2, -0.15) is 0 Å². The molecule has 0 aliphatic carbocycles. The van der Waals surface area contributed by atoms with Crippen LogP contribution in [0.15, 0.2) is 83.3 Å². The predicted molar refractivity (Wildman–Crippen MR) is 176 cm³/mol. The van der Waals surface area contributed by atoms with Gasteiger partial charge in [-0.3, -0.25) is 13.9 Å². The Morgan fingerprint density at radius 1 is 0.930 bits per heavy atom. The van der Waals surface area contributed by atoms with E-state index in [4.69, 9.17) is 4.74 Å². The van der Waals surface area contributed by atoms with Gasteiger partial charge >= 0.3 is 0 Å². The topological polar surface area (TPSA) is 96.0 Å². The maximum absolute atomic E-state index is 13.9. The number of benzene rings is 3. The number of anilines is 1. The van der Waals surface area contributed by atoms with E-state index >= 15 is 0 Å². The molecule has 0 saturated heterocycles. The molecule has 0 fully saturated rings. The maximum atomic E-state index is 13.9. The number of hydrogen-bond donors (Lipinski definition) is 1. The summed E-state index contributed by atoms with van der Waals surface area (Å²) in [7, 11) is -3.60. The van der Waals surface area contributed by atoms with Gasteiger partial charge in [-0.1, -0.05) is 65.3 Å². The molecule has 0 spiro atoms. The van der Waals surface area contributed by atoms with E-state index < -0.39 is 16.1 Å². The molecule has 3 aromatic carbocycles. The molecule has 3 rings (SSSR count). The summed E-state index contributed by atoms with van der Waals surface area (Å²) in [5, 5.41) is 3.07. The third kappa shape index (κ3) is 10.7. The molecule has 0 aliphatic heterocycles. The maximum Gasteiger partial charge on any atom is 0.243 e. The highest BCUT2D eigenvalue weighted by Gasteiger charge is 2.31. The first-order chi connectivity index (χ1) is 20.5. The van der Waals surface area contributed by atoms with E-state index in [-0.39, 0.29) is 43.8 Å². The normalized spacial score (nSPS) is 12.7. The fourth-order valence-corrected chi connectivity index (χ4v) is 5.89. The average molecular weight is 673 g/mol. The van der Waals surface area contributed by atoms with Gasteiger partial charge in [0, 0.05) is 36.4 Å². The van der Waals surface area contributed by atoms with Crippen molar-refractivity contribution in [2.24, 2.45) is 0 Å². The van der Waals surface area contributed by atoms with Gasteiger partial charge in [-0.25, -0.2) is 8.42 Å². The highest BCUT2D eigenvalue weighted by Crippen LogP contribution is 2.23. The standard InChI is InChI=1S/C33H42BrN3O5S/c1-5-25(3)35-33(39)31(23-26-11-8-7-9-12-26)36(24-27-14-16-28(34)17-15-27)32(38)13-10-22-37(43(4,40)41)29-18-20-30(21-19-29)42-6-2/h7-9,11-12,14-21,25,31H,5-6,10,13,22-24H2,1-4H3,(H,35,39)/t25-,31-/m0/s1. The van der Waals surface area contributed by atoms with Crippen molar-refractivity contribution >= 4 is 43.5 Å². The summed E-state index contributed by atoms with van der Waals surface area (Å²) in [6, 6.07) is 23.4. The Kier molecular flexibility index (Phi) is 13.1. The summed E-state index contributed by atoms with van der Waals surface area (Å²) >= 11 is 3.46. The summed E-state index contributed by atoms with van der Waals surface area (Å²) in [5.74, 6) is 0.220.